The lowest BCUT2D eigenvalue weighted by Gasteiger charge is -2.35. The number of amides is 1. The third-order valence-corrected chi connectivity index (χ3v) is 5.85. The molecule has 0 spiro atoms. The molecule has 2 saturated heterocycles. The summed E-state index contributed by atoms with van der Waals surface area (Å²) in [7, 11) is 1.86. The van der Waals surface area contributed by atoms with E-state index in [1.807, 2.05) is 18.9 Å². The number of aromatic amines is 1. The molecule has 0 saturated carbocycles. The maximum Gasteiger partial charge on any atom is 0.316 e. The van der Waals surface area contributed by atoms with Crippen LogP contribution in [-0.2, 0) is 6.54 Å². The van der Waals surface area contributed by atoms with E-state index in [0.717, 1.165) is 12.8 Å². The Morgan fingerprint density at radius 3 is 2.58 bits per heavy atom. The van der Waals surface area contributed by atoms with E-state index in [-0.39, 0.29) is 11.9 Å². The molecular formula is C19H24N4O3. The van der Waals surface area contributed by atoms with Crippen LogP contribution < -0.4 is 16.4 Å². The lowest BCUT2D eigenvalue weighted by Crippen LogP contribution is -2.48. The van der Waals surface area contributed by atoms with Crippen molar-refractivity contribution in [2.45, 2.75) is 57.3 Å². The Morgan fingerprint density at radius 2 is 1.92 bits per heavy atom. The van der Waals surface area contributed by atoms with Gasteiger partial charge in [-0.15, -0.1) is 0 Å². The van der Waals surface area contributed by atoms with Gasteiger partial charge in [0.25, 0.3) is 5.91 Å². The van der Waals surface area contributed by atoms with Crippen LogP contribution >= 0.6 is 0 Å². The van der Waals surface area contributed by atoms with Crippen LogP contribution in [0.1, 0.15) is 43.0 Å². The number of piperidine rings is 1. The Balaban J connectivity index is 1.65. The molecule has 2 aliphatic heterocycles. The van der Waals surface area contributed by atoms with E-state index in [0.29, 0.717) is 35.2 Å². The third kappa shape index (κ3) is 2.76. The van der Waals surface area contributed by atoms with Crippen LogP contribution in [0.25, 0.3) is 11.0 Å². The summed E-state index contributed by atoms with van der Waals surface area (Å²) in [6.07, 6.45) is 4.35. The van der Waals surface area contributed by atoms with E-state index in [9.17, 15) is 14.4 Å². The van der Waals surface area contributed by atoms with Gasteiger partial charge in [-0.3, -0.25) is 14.4 Å². The van der Waals surface area contributed by atoms with E-state index in [1.54, 1.807) is 18.2 Å². The van der Waals surface area contributed by atoms with E-state index in [2.05, 4.69) is 10.3 Å². The second-order valence-corrected chi connectivity index (χ2v) is 7.41. The van der Waals surface area contributed by atoms with Crippen molar-refractivity contribution < 1.29 is 4.79 Å². The fourth-order valence-electron chi connectivity index (χ4n) is 4.44. The fraction of sp³-hybridized carbons (Fsp3) is 0.526. The molecule has 0 radical (unpaired) electrons. The summed E-state index contributed by atoms with van der Waals surface area (Å²) in [4.78, 5) is 41.2. The molecule has 2 fully saturated rings. The monoisotopic (exact) mass is 356 g/mol. The normalized spacial score (nSPS) is 24.8. The third-order valence-electron chi connectivity index (χ3n) is 5.85. The van der Waals surface area contributed by atoms with E-state index >= 15 is 0 Å². The van der Waals surface area contributed by atoms with Crippen LogP contribution in [0.2, 0.25) is 0 Å². The van der Waals surface area contributed by atoms with Gasteiger partial charge in [-0.05, 0) is 50.8 Å². The van der Waals surface area contributed by atoms with Crippen LogP contribution in [-0.4, -0.2) is 45.5 Å². The molecule has 138 valence electrons. The molecule has 1 aromatic carbocycles. The molecule has 2 N–H and O–H groups in total. The summed E-state index contributed by atoms with van der Waals surface area (Å²) in [5, 5.41) is 3.59. The first kappa shape index (κ1) is 17.0. The number of rotatable bonds is 3. The number of nitrogens with one attached hydrogen (secondary N) is 2. The van der Waals surface area contributed by atoms with Crippen LogP contribution in [0, 0.1) is 0 Å². The number of carbonyl (C=O) groups excluding carboxylic acids is 1. The van der Waals surface area contributed by atoms with Gasteiger partial charge in [-0.1, -0.05) is 0 Å². The first-order valence-corrected chi connectivity index (χ1v) is 9.28. The first-order valence-electron chi connectivity index (χ1n) is 9.28. The molecule has 26 heavy (non-hydrogen) atoms. The molecule has 2 bridgehead atoms. The molecule has 3 heterocycles. The van der Waals surface area contributed by atoms with Crippen molar-refractivity contribution in [1.82, 2.24) is 19.8 Å². The quantitative estimate of drug-likeness (QED) is 0.805. The van der Waals surface area contributed by atoms with Crippen LogP contribution in [0.4, 0.5) is 0 Å². The number of fused-ring (bicyclic) bond motifs is 3. The number of hydrogen-bond acceptors (Lipinski definition) is 4. The highest BCUT2D eigenvalue weighted by molar-refractivity contribution is 5.97. The second-order valence-electron chi connectivity index (χ2n) is 7.41. The summed E-state index contributed by atoms with van der Waals surface area (Å²) in [6.45, 7) is 2.23. The number of hydrogen-bond donors (Lipinski definition) is 2. The standard InChI is InChI=1S/C19H24N4O3/c1-3-23-16-7-4-11(8-15(16)21-17(24)19(23)26)18(25)22(2)14-9-12-5-6-13(10-14)20-12/h4,7-8,12-14,20H,3,5-6,9-10H2,1-2H3,(H,21,24). The molecular weight excluding hydrogens is 332 g/mol. The molecule has 2 unspecified atom stereocenters. The second kappa shape index (κ2) is 6.39. The highest BCUT2D eigenvalue weighted by atomic mass is 16.2. The largest absolute Gasteiger partial charge is 0.339 e. The predicted octanol–water partition coefficient (Wildman–Crippen LogP) is 1.06. The SMILES string of the molecule is CCn1c(=O)c(=O)[nH]c2cc(C(=O)N(C)C3CC4CCC(C3)N4)ccc21. The van der Waals surface area contributed by atoms with Gasteiger partial charge in [-0.25, -0.2) is 0 Å². The topological polar surface area (TPSA) is 87.2 Å². The molecule has 0 aliphatic carbocycles. The minimum Gasteiger partial charge on any atom is -0.339 e. The number of benzene rings is 1. The van der Waals surface area contributed by atoms with Gasteiger partial charge >= 0.3 is 11.1 Å². The molecule has 1 aromatic heterocycles. The molecule has 2 atom stereocenters. The molecule has 1 amide bonds. The molecule has 2 aliphatic rings. The van der Waals surface area contributed by atoms with Gasteiger partial charge in [0.05, 0.1) is 11.0 Å². The van der Waals surface area contributed by atoms with Gasteiger partial charge < -0.3 is 19.8 Å². The maximum atomic E-state index is 13.0. The van der Waals surface area contributed by atoms with E-state index in [4.69, 9.17) is 0 Å². The number of aromatic nitrogens is 2. The zero-order chi connectivity index (χ0) is 18.4. The first-order chi connectivity index (χ1) is 12.5. The highest BCUT2D eigenvalue weighted by Gasteiger charge is 2.36. The Morgan fingerprint density at radius 1 is 1.23 bits per heavy atom. The summed E-state index contributed by atoms with van der Waals surface area (Å²) >= 11 is 0. The Bertz CT molecular complexity index is 965. The van der Waals surface area contributed by atoms with Crippen LogP contribution in [0.5, 0.6) is 0 Å². The van der Waals surface area contributed by atoms with Gasteiger partial charge in [0.2, 0.25) is 0 Å². The van der Waals surface area contributed by atoms with E-state index < -0.39 is 11.1 Å². The smallest absolute Gasteiger partial charge is 0.316 e. The molecule has 7 nitrogen and oxygen atoms in total. The van der Waals surface area contributed by atoms with Crippen molar-refractivity contribution in [2.24, 2.45) is 0 Å². The van der Waals surface area contributed by atoms with Crippen LogP contribution in [0.15, 0.2) is 27.8 Å². The zero-order valence-electron chi connectivity index (χ0n) is 15.1. The average Bonchev–Trinajstić information content (AvgIpc) is 2.99. The van der Waals surface area contributed by atoms with Gasteiger partial charge in [0.15, 0.2) is 0 Å². The van der Waals surface area contributed by atoms with E-state index in [1.165, 1.54) is 17.4 Å². The number of aryl methyl sites for hydroxylation is 1. The number of nitrogens with zero attached hydrogens (tertiary/aromatic N) is 2. The van der Waals surface area contributed by atoms with Crippen molar-refractivity contribution in [3.63, 3.8) is 0 Å². The van der Waals surface area contributed by atoms with Gasteiger partial charge in [0, 0.05) is 37.3 Å². The molecule has 7 heteroatoms. The highest BCUT2D eigenvalue weighted by Crippen LogP contribution is 2.30. The van der Waals surface area contributed by atoms with Crippen molar-refractivity contribution >= 4 is 16.9 Å². The van der Waals surface area contributed by atoms with Crippen molar-refractivity contribution in [2.75, 3.05) is 7.05 Å². The van der Waals surface area contributed by atoms with Gasteiger partial charge in [0.1, 0.15) is 0 Å². The summed E-state index contributed by atoms with van der Waals surface area (Å²) in [5.41, 5.74) is 0.453. The lowest BCUT2D eigenvalue weighted by atomic mass is 9.98. The predicted molar refractivity (Wildman–Crippen MR) is 99.6 cm³/mol. The zero-order valence-corrected chi connectivity index (χ0v) is 15.1. The summed E-state index contributed by atoms with van der Waals surface area (Å²) in [6, 6.07) is 6.42. The summed E-state index contributed by atoms with van der Waals surface area (Å²) in [5.74, 6) is -0.0479. The maximum absolute atomic E-state index is 13.0. The average molecular weight is 356 g/mol. The van der Waals surface area contributed by atoms with Crippen LogP contribution in [0.3, 0.4) is 0 Å². The summed E-state index contributed by atoms with van der Waals surface area (Å²) < 4.78 is 1.43. The molecule has 4 rings (SSSR count). The Labute approximate surface area is 151 Å². The number of carbonyl (C=O) groups is 1. The number of H-pyrrole nitrogens is 1. The van der Waals surface area contributed by atoms with Crippen molar-refractivity contribution in [3.8, 4) is 0 Å². The van der Waals surface area contributed by atoms with Crippen molar-refractivity contribution in [1.29, 1.82) is 0 Å². The minimum absolute atomic E-state index is 0.0479. The lowest BCUT2D eigenvalue weighted by molar-refractivity contribution is 0.0682. The molecule has 2 aromatic rings. The van der Waals surface area contributed by atoms with Gasteiger partial charge in [-0.2, -0.15) is 0 Å². The van der Waals surface area contributed by atoms with Crippen molar-refractivity contribution in [3.05, 3.63) is 44.5 Å². The minimum atomic E-state index is -0.660. The fourth-order valence-corrected chi connectivity index (χ4v) is 4.44. The Hall–Kier alpha value is -2.41. The Kier molecular flexibility index (Phi) is 4.19.